The number of nitrogens with one attached hydrogen (secondary N) is 1. The number of amides is 1. The Bertz CT molecular complexity index is 819. The van der Waals surface area contributed by atoms with Crippen molar-refractivity contribution in [2.24, 2.45) is 5.92 Å². The van der Waals surface area contributed by atoms with Gasteiger partial charge in [-0.2, -0.15) is 0 Å². The molecule has 1 saturated carbocycles. The molecule has 26 heavy (non-hydrogen) atoms. The fourth-order valence-corrected chi connectivity index (χ4v) is 5.60. The highest BCUT2D eigenvalue weighted by Crippen LogP contribution is 2.43. The minimum atomic E-state index is 0.210. The molecule has 1 amide bonds. The van der Waals surface area contributed by atoms with Crippen LogP contribution in [0.3, 0.4) is 0 Å². The Hall–Kier alpha value is -1.81. The van der Waals surface area contributed by atoms with Crippen LogP contribution in [0.5, 0.6) is 0 Å². The number of ether oxygens (including phenoxy) is 1. The molecule has 2 aliphatic carbocycles. The summed E-state index contributed by atoms with van der Waals surface area (Å²) >= 11 is 0. The summed E-state index contributed by atoms with van der Waals surface area (Å²) < 4.78 is 5.47. The number of carbonyl (C=O) groups excluding carboxylic acids is 1. The van der Waals surface area contributed by atoms with Crippen LogP contribution in [0.1, 0.15) is 55.7 Å². The number of fused-ring (bicyclic) bond motifs is 6. The lowest BCUT2D eigenvalue weighted by Gasteiger charge is -2.44. The first-order chi connectivity index (χ1) is 12.7. The molecule has 2 heterocycles. The molecule has 138 valence electrons. The van der Waals surface area contributed by atoms with Crippen molar-refractivity contribution in [3.63, 3.8) is 0 Å². The lowest BCUT2D eigenvalue weighted by atomic mass is 9.77. The molecule has 0 spiro atoms. The van der Waals surface area contributed by atoms with E-state index in [-0.39, 0.29) is 5.92 Å². The van der Waals surface area contributed by atoms with E-state index in [1.807, 2.05) is 0 Å². The van der Waals surface area contributed by atoms with Crippen molar-refractivity contribution < 1.29 is 9.53 Å². The Balaban J connectivity index is 1.37. The molecule has 1 N–H and O–H groups in total. The summed E-state index contributed by atoms with van der Waals surface area (Å²) in [6, 6.07) is 9.01. The molecule has 2 fully saturated rings. The number of carbonyl (C=O) groups is 1. The molecule has 0 unspecified atom stereocenters. The van der Waals surface area contributed by atoms with Gasteiger partial charge >= 0.3 is 0 Å². The van der Waals surface area contributed by atoms with E-state index in [1.54, 1.807) is 7.11 Å². The Kier molecular flexibility index (Phi) is 4.04. The molecule has 1 aromatic heterocycles. The maximum atomic E-state index is 13.2. The molecular weight excluding hydrogens is 324 g/mol. The lowest BCUT2D eigenvalue weighted by Crippen LogP contribution is -2.51. The molecule has 1 aromatic carbocycles. The number of aromatic amines is 1. The number of benzene rings is 1. The average molecular weight is 352 g/mol. The molecule has 4 nitrogen and oxygen atoms in total. The average Bonchev–Trinajstić information content (AvgIpc) is 3.07. The summed E-state index contributed by atoms with van der Waals surface area (Å²) in [4.78, 5) is 19.1. The number of piperidine rings is 1. The van der Waals surface area contributed by atoms with Gasteiger partial charge in [-0.25, -0.2) is 0 Å². The number of methoxy groups -OCH3 is 1. The van der Waals surface area contributed by atoms with Crippen LogP contribution < -0.4 is 0 Å². The first-order valence-electron chi connectivity index (χ1n) is 10.2. The maximum absolute atomic E-state index is 13.2. The van der Waals surface area contributed by atoms with Crippen molar-refractivity contribution in [1.29, 1.82) is 0 Å². The minimum absolute atomic E-state index is 0.210. The zero-order valence-corrected chi connectivity index (χ0v) is 15.5. The predicted molar refractivity (Wildman–Crippen MR) is 102 cm³/mol. The van der Waals surface area contributed by atoms with E-state index >= 15 is 0 Å². The van der Waals surface area contributed by atoms with Gasteiger partial charge in [-0.15, -0.1) is 0 Å². The van der Waals surface area contributed by atoms with Crippen LogP contribution in [0.25, 0.3) is 10.9 Å². The lowest BCUT2D eigenvalue weighted by molar-refractivity contribution is -0.141. The summed E-state index contributed by atoms with van der Waals surface area (Å²) in [5, 5.41) is 1.35. The predicted octanol–water partition coefficient (Wildman–Crippen LogP) is 4.00. The van der Waals surface area contributed by atoms with Gasteiger partial charge < -0.3 is 14.6 Å². The summed E-state index contributed by atoms with van der Waals surface area (Å²) in [7, 11) is 1.79. The van der Waals surface area contributed by atoms with Crippen LogP contribution in [-0.4, -0.2) is 41.6 Å². The van der Waals surface area contributed by atoms with Gasteiger partial charge in [0.25, 0.3) is 0 Å². The number of aromatic nitrogens is 1. The molecule has 4 heteroatoms. The molecule has 2 aromatic rings. The van der Waals surface area contributed by atoms with Crippen molar-refractivity contribution in [3.8, 4) is 0 Å². The van der Waals surface area contributed by atoms with Gasteiger partial charge in [0.15, 0.2) is 0 Å². The van der Waals surface area contributed by atoms with Gasteiger partial charge in [-0.3, -0.25) is 4.79 Å². The third-order valence-electron chi connectivity index (χ3n) is 7.05. The highest BCUT2D eigenvalue weighted by molar-refractivity contribution is 5.86. The SMILES string of the molecule is COC1CCC(C(=O)N2CC[C@@H]3C[C@H]2Cc2c3[nH]c3ccccc23)CC1. The Morgan fingerprint density at radius 3 is 2.77 bits per heavy atom. The highest BCUT2D eigenvalue weighted by Gasteiger charge is 2.41. The minimum Gasteiger partial charge on any atom is -0.381 e. The number of hydrogen-bond donors (Lipinski definition) is 1. The number of para-hydroxylation sites is 1. The summed E-state index contributed by atoms with van der Waals surface area (Å²) in [6.45, 7) is 0.924. The second kappa shape index (κ2) is 6.41. The van der Waals surface area contributed by atoms with Crippen LogP contribution in [0.4, 0.5) is 0 Å². The number of rotatable bonds is 2. The van der Waals surface area contributed by atoms with Crippen molar-refractivity contribution in [2.75, 3.05) is 13.7 Å². The quantitative estimate of drug-likeness (QED) is 0.888. The molecule has 5 rings (SSSR count). The van der Waals surface area contributed by atoms with Crippen LogP contribution >= 0.6 is 0 Å². The van der Waals surface area contributed by atoms with Gasteiger partial charge in [0.05, 0.1) is 6.10 Å². The van der Waals surface area contributed by atoms with Crippen molar-refractivity contribution in [3.05, 3.63) is 35.5 Å². The second-order valence-corrected chi connectivity index (χ2v) is 8.38. The zero-order chi connectivity index (χ0) is 17.7. The van der Waals surface area contributed by atoms with E-state index in [9.17, 15) is 4.79 Å². The van der Waals surface area contributed by atoms with Crippen molar-refractivity contribution >= 4 is 16.8 Å². The monoisotopic (exact) mass is 352 g/mol. The normalized spacial score (nSPS) is 31.0. The van der Waals surface area contributed by atoms with Gasteiger partial charge in [0, 0.05) is 48.1 Å². The second-order valence-electron chi connectivity index (χ2n) is 8.38. The largest absolute Gasteiger partial charge is 0.381 e. The molecular formula is C22H28N2O2. The van der Waals surface area contributed by atoms with Crippen LogP contribution in [-0.2, 0) is 16.0 Å². The molecule has 2 atom stereocenters. The van der Waals surface area contributed by atoms with E-state index in [0.717, 1.165) is 51.5 Å². The summed E-state index contributed by atoms with van der Waals surface area (Å²) in [5.74, 6) is 1.21. The van der Waals surface area contributed by atoms with Crippen LogP contribution in [0.15, 0.2) is 24.3 Å². The molecule has 1 saturated heterocycles. The maximum Gasteiger partial charge on any atom is 0.225 e. The Morgan fingerprint density at radius 1 is 1.15 bits per heavy atom. The third kappa shape index (κ3) is 2.58. The summed E-state index contributed by atoms with van der Waals surface area (Å²) in [5.41, 5.74) is 4.15. The van der Waals surface area contributed by atoms with Crippen molar-refractivity contribution in [1.82, 2.24) is 9.88 Å². The van der Waals surface area contributed by atoms with E-state index in [2.05, 4.69) is 34.1 Å². The fraction of sp³-hybridized carbons (Fsp3) is 0.591. The molecule has 0 radical (unpaired) electrons. The number of H-pyrrole nitrogens is 1. The van der Waals surface area contributed by atoms with Gasteiger partial charge in [-0.1, -0.05) is 18.2 Å². The molecule has 2 bridgehead atoms. The fourth-order valence-electron chi connectivity index (χ4n) is 5.60. The standard InChI is InChI=1S/C22H28N2O2/c1-26-17-8-6-14(7-9-17)22(25)24-11-10-15-12-16(24)13-19-18-4-2-3-5-20(18)23-21(15)19/h2-5,14-17,23H,6-13H2,1H3/t14?,15-,16+,17?/m1/s1. The summed E-state index contributed by atoms with van der Waals surface area (Å²) in [6.07, 6.45) is 7.61. The topological polar surface area (TPSA) is 45.3 Å². The van der Waals surface area contributed by atoms with E-state index < -0.39 is 0 Å². The van der Waals surface area contributed by atoms with Gasteiger partial charge in [0.1, 0.15) is 0 Å². The van der Waals surface area contributed by atoms with Crippen LogP contribution in [0, 0.1) is 5.92 Å². The van der Waals surface area contributed by atoms with E-state index in [1.165, 1.54) is 22.2 Å². The Labute approximate surface area is 154 Å². The number of nitrogens with zero attached hydrogens (tertiary/aromatic N) is 1. The van der Waals surface area contributed by atoms with Gasteiger partial charge in [0.2, 0.25) is 5.91 Å². The smallest absolute Gasteiger partial charge is 0.225 e. The third-order valence-corrected chi connectivity index (χ3v) is 7.05. The van der Waals surface area contributed by atoms with Gasteiger partial charge in [-0.05, 0) is 56.6 Å². The van der Waals surface area contributed by atoms with Crippen LogP contribution in [0.2, 0.25) is 0 Å². The number of hydrogen-bond acceptors (Lipinski definition) is 2. The molecule has 1 aliphatic heterocycles. The first-order valence-corrected chi connectivity index (χ1v) is 10.2. The molecule has 3 aliphatic rings. The van der Waals surface area contributed by atoms with Crippen molar-refractivity contribution in [2.45, 2.75) is 63.0 Å². The number of likely N-dealkylation sites (tertiary alicyclic amines) is 1. The van der Waals surface area contributed by atoms with E-state index in [0.29, 0.717) is 24.0 Å². The van der Waals surface area contributed by atoms with E-state index in [4.69, 9.17) is 4.74 Å². The zero-order valence-electron chi connectivity index (χ0n) is 15.5. The Morgan fingerprint density at radius 2 is 1.96 bits per heavy atom. The first kappa shape index (κ1) is 16.4. The highest BCUT2D eigenvalue weighted by atomic mass is 16.5.